The first kappa shape index (κ1) is 37.0. The van der Waals surface area contributed by atoms with Crippen molar-refractivity contribution in [2.45, 2.75) is 147 Å². The maximum absolute atomic E-state index is 12.3. The van der Waals surface area contributed by atoms with E-state index < -0.39 is 32.7 Å². The summed E-state index contributed by atoms with van der Waals surface area (Å²) in [5, 5.41) is 19.6. The van der Waals surface area contributed by atoms with E-state index in [4.69, 9.17) is 0 Å². The summed E-state index contributed by atoms with van der Waals surface area (Å²) in [4.78, 5) is 24.1. The van der Waals surface area contributed by atoms with Crippen molar-refractivity contribution >= 4 is 51.6 Å². The van der Waals surface area contributed by atoms with Crippen LogP contribution in [0.1, 0.15) is 142 Å². The zero-order valence-electron chi connectivity index (χ0n) is 21.6. The molecule has 0 spiro atoms. The topological polar surface area (TPSA) is 129 Å². The van der Waals surface area contributed by atoms with Crippen molar-refractivity contribution in [3.63, 3.8) is 0 Å². The molecule has 0 saturated heterocycles. The van der Waals surface area contributed by atoms with Crippen LogP contribution in [0.3, 0.4) is 0 Å². The standard InChI is InChI=1S/C26H50O7S.Na.H/c1-3-5-7-9-11-13-15-17-19-21-23(24(27)28)26(25(29)30,34(31,32)33)22-20-18-16-14-12-10-8-6-4-2;;/h23H,3-22H2,1-2H3,(H,27,28)(H,29,30)(H,31,32,33);;. The monoisotopic (exact) mass is 530 g/mol. The molecule has 2 unspecified atom stereocenters. The molecule has 0 bridgehead atoms. The molecule has 0 aliphatic carbocycles. The van der Waals surface area contributed by atoms with E-state index in [-0.39, 0.29) is 48.8 Å². The van der Waals surface area contributed by atoms with Crippen LogP contribution in [-0.4, -0.2) is 69.4 Å². The number of unbranched alkanes of at least 4 members (excludes halogenated alkanes) is 16. The van der Waals surface area contributed by atoms with Crippen LogP contribution >= 0.6 is 0 Å². The fourth-order valence-corrected chi connectivity index (χ4v) is 5.96. The summed E-state index contributed by atoms with van der Waals surface area (Å²) in [6.45, 7) is 4.32. The summed E-state index contributed by atoms with van der Waals surface area (Å²) in [6.07, 6.45) is 17.0. The molecule has 0 radical (unpaired) electrons. The summed E-state index contributed by atoms with van der Waals surface area (Å²) in [5.41, 5.74) is 0. The van der Waals surface area contributed by atoms with Crippen LogP contribution in [0.4, 0.5) is 0 Å². The van der Waals surface area contributed by atoms with Gasteiger partial charge in [0, 0.05) is 0 Å². The Morgan fingerprint density at radius 1 is 0.657 bits per heavy atom. The second-order valence-electron chi connectivity index (χ2n) is 9.76. The Labute approximate surface area is 236 Å². The Hall–Kier alpha value is -0.150. The minimum atomic E-state index is -5.12. The van der Waals surface area contributed by atoms with Gasteiger partial charge in [0.15, 0.2) is 0 Å². The number of hydrogen-bond acceptors (Lipinski definition) is 4. The first-order valence-corrected chi connectivity index (χ1v) is 15.0. The third kappa shape index (κ3) is 15.0. The van der Waals surface area contributed by atoms with E-state index in [1.807, 2.05) is 0 Å². The molecule has 35 heavy (non-hydrogen) atoms. The van der Waals surface area contributed by atoms with Gasteiger partial charge in [0.1, 0.15) is 0 Å². The average Bonchev–Trinajstić information content (AvgIpc) is 2.76. The van der Waals surface area contributed by atoms with Gasteiger partial charge in [-0.05, 0) is 12.8 Å². The van der Waals surface area contributed by atoms with Crippen LogP contribution in [0.5, 0.6) is 0 Å². The van der Waals surface area contributed by atoms with Crippen molar-refractivity contribution in [3.05, 3.63) is 0 Å². The van der Waals surface area contributed by atoms with Crippen molar-refractivity contribution in [3.8, 4) is 0 Å². The number of carboxylic acids is 2. The van der Waals surface area contributed by atoms with Crippen molar-refractivity contribution in [1.29, 1.82) is 0 Å². The molecule has 0 fully saturated rings. The van der Waals surface area contributed by atoms with E-state index in [2.05, 4.69) is 13.8 Å². The molecule has 0 saturated carbocycles. The van der Waals surface area contributed by atoms with E-state index in [0.29, 0.717) is 12.8 Å². The number of aliphatic carboxylic acids is 2. The van der Waals surface area contributed by atoms with Crippen LogP contribution in [0.25, 0.3) is 0 Å². The molecule has 0 rings (SSSR count). The molecule has 7 nitrogen and oxygen atoms in total. The molecule has 204 valence electrons. The molecule has 0 aromatic heterocycles. The Morgan fingerprint density at radius 3 is 1.31 bits per heavy atom. The third-order valence-electron chi connectivity index (χ3n) is 6.93. The minimum absolute atomic E-state index is 0. The Kier molecular flexibility index (Phi) is 23.1. The fraction of sp³-hybridized carbons (Fsp3) is 0.923. The van der Waals surface area contributed by atoms with E-state index in [1.165, 1.54) is 44.9 Å². The van der Waals surface area contributed by atoms with Crippen LogP contribution in [0, 0.1) is 5.92 Å². The second-order valence-corrected chi connectivity index (χ2v) is 11.4. The molecule has 0 amide bonds. The van der Waals surface area contributed by atoms with E-state index in [1.54, 1.807) is 0 Å². The summed E-state index contributed by atoms with van der Waals surface area (Å²) < 4.78 is 31.8. The van der Waals surface area contributed by atoms with Gasteiger partial charge in [-0.2, -0.15) is 8.42 Å². The average molecular weight is 531 g/mol. The maximum atomic E-state index is 12.3. The van der Waals surface area contributed by atoms with Gasteiger partial charge in [0.05, 0.1) is 5.92 Å². The van der Waals surface area contributed by atoms with E-state index in [9.17, 15) is 32.8 Å². The molecule has 2 atom stereocenters. The molecule has 0 aromatic carbocycles. The molecule has 9 heteroatoms. The molecule has 3 N–H and O–H groups in total. The van der Waals surface area contributed by atoms with Crippen LogP contribution < -0.4 is 0 Å². The SMILES string of the molecule is CCCCCCCCCCCC(C(=O)O)C(CCCCCCCCCCC)(C(=O)O)S(=O)(=O)O.[NaH]. The summed E-state index contributed by atoms with van der Waals surface area (Å²) in [5.74, 6) is -4.91. The number of carbonyl (C=O) groups is 2. The summed E-state index contributed by atoms with van der Waals surface area (Å²) >= 11 is 0. The van der Waals surface area contributed by atoms with Crippen molar-refractivity contribution in [2.24, 2.45) is 5.92 Å². The van der Waals surface area contributed by atoms with E-state index >= 15 is 0 Å². The normalized spacial score (nSPS) is 14.1. The molecular formula is C26H51NaO7S. The van der Waals surface area contributed by atoms with Crippen LogP contribution in [-0.2, 0) is 19.7 Å². The number of hydrogen-bond donors (Lipinski definition) is 3. The van der Waals surface area contributed by atoms with Gasteiger partial charge in [-0.15, -0.1) is 0 Å². The van der Waals surface area contributed by atoms with Gasteiger partial charge in [-0.3, -0.25) is 14.1 Å². The molecular weight excluding hydrogens is 479 g/mol. The second kappa shape index (κ2) is 21.9. The van der Waals surface area contributed by atoms with Gasteiger partial charge in [0.2, 0.25) is 4.75 Å². The van der Waals surface area contributed by atoms with Gasteiger partial charge in [-0.25, -0.2) is 0 Å². The van der Waals surface area contributed by atoms with Gasteiger partial charge >= 0.3 is 41.5 Å². The zero-order valence-corrected chi connectivity index (χ0v) is 22.4. The van der Waals surface area contributed by atoms with Crippen LogP contribution in [0.15, 0.2) is 0 Å². The quantitative estimate of drug-likeness (QED) is 0.0729. The van der Waals surface area contributed by atoms with Crippen LogP contribution in [0.2, 0.25) is 0 Å². The molecule has 0 aliphatic rings. The Morgan fingerprint density at radius 2 is 1.00 bits per heavy atom. The molecule has 0 heterocycles. The molecule has 0 aliphatic heterocycles. The Balaban J connectivity index is 0. The third-order valence-corrected chi connectivity index (χ3v) is 8.52. The van der Waals surface area contributed by atoms with Crippen molar-refractivity contribution in [1.82, 2.24) is 0 Å². The van der Waals surface area contributed by atoms with Crippen molar-refractivity contribution < 1.29 is 32.8 Å². The predicted molar refractivity (Wildman–Crippen MR) is 144 cm³/mol. The fourth-order valence-electron chi connectivity index (χ4n) is 4.76. The van der Waals surface area contributed by atoms with Crippen molar-refractivity contribution in [2.75, 3.05) is 0 Å². The first-order valence-electron chi connectivity index (χ1n) is 13.6. The number of rotatable bonds is 24. The van der Waals surface area contributed by atoms with Gasteiger partial charge in [-0.1, -0.05) is 129 Å². The number of carboxylic acid groups (broad SMARTS) is 2. The Bertz CT molecular complexity index is 654. The van der Waals surface area contributed by atoms with Gasteiger partial charge < -0.3 is 10.2 Å². The zero-order chi connectivity index (χ0) is 25.9. The predicted octanol–water partition coefficient (Wildman–Crippen LogP) is 6.59. The first-order chi connectivity index (χ1) is 16.1. The van der Waals surface area contributed by atoms with E-state index in [0.717, 1.165) is 51.4 Å². The summed E-state index contributed by atoms with van der Waals surface area (Å²) in [6, 6.07) is 0. The van der Waals surface area contributed by atoms with Gasteiger partial charge in [0.25, 0.3) is 10.1 Å². The summed E-state index contributed by atoms with van der Waals surface area (Å²) in [7, 11) is -5.12. The molecule has 0 aromatic rings.